The summed E-state index contributed by atoms with van der Waals surface area (Å²) in [5, 5.41) is 0.721. The van der Waals surface area contributed by atoms with Crippen LogP contribution in [0.1, 0.15) is 16.8 Å². The second kappa shape index (κ2) is 11.9. The fraction of sp³-hybridized carbons (Fsp3) is 0.333. The van der Waals surface area contributed by atoms with Gasteiger partial charge in [0.15, 0.2) is 11.0 Å². The van der Waals surface area contributed by atoms with Gasteiger partial charge < -0.3 is 19.1 Å². The van der Waals surface area contributed by atoms with Crippen molar-refractivity contribution in [2.45, 2.75) is 13.0 Å². The number of halogens is 3. The third-order valence-corrected chi connectivity index (χ3v) is 5.49. The summed E-state index contributed by atoms with van der Waals surface area (Å²) in [5.74, 6) is 1.91. The lowest BCUT2D eigenvalue weighted by Crippen LogP contribution is -2.36. The molecule has 0 fully saturated rings. The number of ketones is 1. The molecule has 1 aliphatic rings. The van der Waals surface area contributed by atoms with Crippen molar-refractivity contribution in [2.24, 2.45) is 4.99 Å². The lowest BCUT2D eigenvalue weighted by Gasteiger charge is -2.28. The molecule has 0 atom stereocenters. The van der Waals surface area contributed by atoms with Crippen molar-refractivity contribution in [3.63, 3.8) is 0 Å². The largest absolute Gasteiger partial charge is 0.497 e. The van der Waals surface area contributed by atoms with Crippen LogP contribution in [0.15, 0.2) is 47.5 Å². The Morgan fingerprint density at radius 1 is 1.13 bits per heavy atom. The van der Waals surface area contributed by atoms with E-state index in [0.29, 0.717) is 29.3 Å². The van der Waals surface area contributed by atoms with Crippen molar-refractivity contribution in [3.8, 4) is 17.2 Å². The molecule has 2 aromatic carbocycles. The number of aliphatic imine (C=N–C) groups is 1. The molecule has 0 radical (unpaired) electrons. The number of hydrogen-bond acceptors (Lipinski definition) is 7. The highest BCUT2D eigenvalue weighted by molar-refractivity contribution is 8.93. The third kappa shape index (κ3) is 6.57. The molecule has 0 aliphatic carbocycles. The quantitative estimate of drug-likeness (QED) is 0.456. The van der Waals surface area contributed by atoms with E-state index in [1.165, 1.54) is 24.3 Å². The lowest BCUT2D eigenvalue weighted by atomic mass is 10.1. The number of alkyl halides is 2. The molecule has 6 nitrogen and oxygen atoms in total. The summed E-state index contributed by atoms with van der Waals surface area (Å²) in [7, 11) is 3.12. The van der Waals surface area contributed by atoms with Gasteiger partial charge in [0, 0.05) is 23.9 Å². The first-order chi connectivity index (χ1) is 14.5. The molecule has 0 N–H and O–H groups in total. The van der Waals surface area contributed by atoms with Gasteiger partial charge in [0.05, 0.1) is 26.5 Å². The number of thioether (sulfide) groups is 1. The predicted octanol–water partition coefficient (Wildman–Crippen LogP) is 5.07. The highest BCUT2D eigenvalue weighted by Crippen LogP contribution is 2.35. The van der Waals surface area contributed by atoms with Crippen LogP contribution in [0, 0.1) is 0 Å². The number of nitrogens with zero attached hydrogens (tertiary/aromatic N) is 2. The molecule has 10 heteroatoms. The first-order valence-electron chi connectivity index (χ1n) is 9.26. The van der Waals surface area contributed by atoms with E-state index in [2.05, 4.69) is 9.73 Å². The van der Waals surface area contributed by atoms with Gasteiger partial charge in [-0.3, -0.25) is 9.79 Å². The van der Waals surface area contributed by atoms with Gasteiger partial charge in [-0.05, 0) is 42.8 Å². The number of Topliss-reactive ketones (excluding diaryl/α,β-unsaturated/α-hetero) is 1. The fourth-order valence-corrected chi connectivity index (χ4v) is 3.89. The number of hydrogen-bond donors (Lipinski definition) is 0. The molecule has 0 aromatic heterocycles. The normalized spacial score (nSPS) is 13.1. The monoisotopic (exact) mass is 516 g/mol. The molecule has 2 aromatic rings. The van der Waals surface area contributed by atoms with Crippen LogP contribution in [-0.4, -0.2) is 50.6 Å². The Hall–Kier alpha value is -2.33. The minimum atomic E-state index is -2.91. The molecule has 0 spiro atoms. The van der Waals surface area contributed by atoms with Crippen molar-refractivity contribution in [2.75, 3.05) is 38.0 Å². The first kappa shape index (κ1) is 24.9. The SMILES string of the molecule is Br.COc1ccc(OC)c(N(CC(=O)c2ccc(OC(F)F)cc2)C2=NCCCS2)c1. The number of methoxy groups -OCH3 is 2. The average Bonchev–Trinajstić information content (AvgIpc) is 2.77. The van der Waals surface area contributed by atoms with Gasteiger partial charge in [-0.15, -0.1) is 17.0 Å². The average molecular weight is 517 g/mol. The van der Waals surface area contributed by atoms with Crippen LogP contribution in [0.25, 0.3) is 0 Å². The van der Waals surface area contributed by atoms with Gasteiger partial charge in [0.25, 0.3) is 0 Å². The molecule has 0 saturated heterocycles. The standard InChI is InChI=1S/C21H22F2N2O4S.BrH/c1-27-16-8-9-19(28-2)17(12-16)25(21-24-10-3-11-30-21)13-18(26)14-4-6-15(7-5-14)29-20(22)23;/h4-9,12,20H,3,10-11,13H2,1-2H3;1H. The summed E-state index contributed by atoms with van der Waals surface area (Å²) in [6, 6.07) is 11.0. The second-order valence-electron chi connectivity index (χ2n) is 6.32. The van der Waals surface area contributed by atoms with E-state index < -0.39 is 6.61 Å². The number of amidine groups is 1. The van der Waals surface area contributed by atoms with Gasteiger partial charge in [0.2, 0.25) is 0 Å². The molecule has 0 saturated carbocycles. The molecule has 168 valence electrons. The summed E-state index contributed by atoms with van der Waals surface area (Å²) < 4.78 is 39.9. The van der Waals surface area contributed by atoms with Crippen LogP contribution < -0.4 is 19.1 Å². The summed E-state index contributed by atoms with van der Waals surface area (Å²) >= 11 is 1.57. The molecular weight excluding hydrogens is 494 g/mol. The highest BCUT2D eigenvalue weighted by atomic mass is 79.9. The van der Waals surface area contributed by atoms with Crippen LogP contribution in [-0.2, 0) is 0 Å². The Bertz CT molecular complexity index is 913. The topological polar surface area (TPSA) is 60.4 Å². The molecule has 3 rings (SSSR count). The predicted molar refractivity (Wildman–Crippen MR) is 124 cm³/mol. The van der Waals surface area contributed by atoms with Gasteiger partial charge in [0.1, 0.15) is 17.2 Å². The molecular formula is C21H23BrF2N2O4S. The van der Waals surface area contributed by atoms with E-state index in [1.54, 1.807) is 49.1 Å². The number of carbonyl (C=O) groups excluding carboxylic acids is 1. The number of benzene rings is 2. The fourth-order valence-electron chi connectivity index (χ4n) is 2.93. The lowest BCUT2D eigenvalue weighted by molar-refractivity contribution is -0.0498. The zero-order valence-electron chi connectivity index (χ0n) is 17.0. The zero-order valence-corrected chi connectivity index (χ0v) is 19.6. The van der Waals surface area contributed by atoms with Crippen LogP contribution in [0.5, 0.6) is 17.2 Å². The van der Waals surface area contributed by atoms with Crippen molar-refractivity contribution in [3.05, 3.63) is 48.0 Å². The van der Waals surface area contributed by atoms with Crippen LogP contribution in [0.2, 0.25) is 0 Å². The Balaban J connectivity index is 0.00000341. The number of ether oxygens (including phenoxy) is 3. The maximum absolute atomic E-state index is 13.0. The summed E-state index contributed by atoms with van der Waals surface area (Å²) in [6.07, 6.45) is 0.969. The van der Waals surface area contributed by atoms with Crippen LogP contribution in [0.3, 0.4) is 0 Å². The first-order valence-corrected chi connectivity index (χ1v) is 10.2. The Morgan fingerprint density at radius 2 is 1.84 bits per heavy atom. The number of rotatable bonds is 8. The van der Waals surface area contributed by atoms with Gasteiger partial charge >= 0.3 is 6.61 Å². The molecule has 0 bridgehead atoms. The Kier molecular flexibility index (Phi) is 9.57. The zero-order chi connectivity index (χ0) is 21.5. The summed E-state index contributed by atoms with van der Waals surface area (Å²) in [4.78, 5) is 19.4. The maximum Gasteiger partial charge on any atom is 0.387 e. The van der Waals surface area contributed by atoms with E-state index in [4.69, 9.17) is 9.47 Å². The summed E-state index contributed by atoms with van der Waals surface area (Å²) in [6.45, 7) is -2.23. The van der Waals surface area contributed by atoms with E-state index >= 15 is 0 Å². The van der Waals surface area contributed by atoms with E-state index in [1.807, 2.05) is 0 Å². The van der Waals surface area contributed by atoms with Crippen molar-refractivity contribution in [1.82, 2.24) is 0 Å². The molecule has 0 unspecified atom stereocenters. The highest BCUT2D eigenvalue weighted by Gasteiger charge is 2.24. The third-order valence-electron chi connectivity index (χ3n) is 4.39. The minimum absolute atomic E-state index is 0. The molecule has 0 amide bonds. The smallest absolute Gasteiger partial charge is 0.387 e. The summed E-state index contributed by atoms with van der Waals surface area (Å²) in [5.41, 5.74) is 1.04. The van der Waals surface area contributed by atoms with E-state index in [-0.39, 0.29) is 35.1 Å². The van der Waals surface area contributed by atoms with Gasteiger partial charge in [-0.1, -0.05) is 11.8 Å². The van der Waals surface area contributed by atoms with Crippen molar-refractivity contribution >= 4 is 45.4 Å². The number of anilines is 1. The van der Waals surface area contributed by atoms with Gasteiger partial charge in [-0.25, -0.2) is 0 Å². The van der Waals surface area contributed by atoms with Crippen molar-refractivity contribution in [1.29, 1.82) is 0 Å². The van der Waals surface area contributed by atoms with Gasteiger partial charge in [-0.2, -0.15) is 8.78 Å². The molecule has 1 heterocycles. The number of carbonyl (C=O) groups is 1. The maximum atomic E-state index is 13.0. The van der Waals surface area contributed by atoms with E-state index in [9.17, 15) is 13.6 Å². The van der Waals surface area contributed by atoms with Crippen LogP contribution in [0.4, 0.5) is 14.5 Å². The Morgan fingerprint density at radius 3 is 2.42 bits per heavy atom. The van der Waals surface area contributed by atoms with Crippen molar-refractivity contribution < 1.29 is 27.8 Å². The van der Waals surface area contributed by atoms with Crippen LogP contribution >= 0.6 is 28.7 Å². The van der Waals surface area contributed by atoms with E-state index in [0.717, 1.165) is 17.3 Å². The second-order valence-corrected chi connectivity index (χ2v) is 7.38. The molecule has 1 aliphatic heterocycles. The Labute approximate surface area is 194 Å². The minimum Gasteiger partial charge on any atom is -0.497 e. The molecule has 31 heavy (non-hydrogen) atoms.